The third-order valence-electron chi connectivity index (χ3n) is 4.20. The summed E-state index contributed by atoms with van der Waals surface area (Å²) in [5.41, 5.74) is 2.55. The highest BCUT2D eigenvalue weighted by atomic mass is 79.9. The van der Waals surface area contributed by atoms with Gasteiger partial charge in [-0.15, -0.1) is 0 Å². The Morgan fingerprint density at radius 2 is 2.10 bits per heavy atom. The molecule has 3 N–H and O–H groups in total. The Labute approximate surface area is 183 Å². The zero-order valence-electron chi connectivity index (χ0n) is 16.6. The van der Waals surface area contributed by atoms with Gasteiger partial charge in [0.15, 0.2) is 0 Å². The molecule has 0 bridgehead atoms. The van der Waals surface area contributed by atoms with Crippen LogP contribution in [0.1, 0.15) is 26.3 Å². The third kappa shape index (κ3) is 6.11. The number of carbonyl (C=O) groups is 1. The van der Waals surface area contributed by atoms with E-state index < -0.39 is 6.09 Å². The number of hydrogen-bond donors (Lipinski definition) is 3. The second kappa shape index (κ2) is 9.05. The Balaban J connectivity index is 1.75. The molecule has 6 nitrogen and oxygen atoms in total. The maximum Gasteiger partial charge on any atom is 0.407 e. The van der Waals surface area contributed by atoms with Crippen LogP contribution < -0.4 is 10.6 Å². The maximum absolute atomic E-state index is 12.4. The zero-order valence-corrected chi connectivity index (χ0v) is 18.9. The number of H-pyrrole nitrogens is 1. The number of halogens is 2. The molecule has 3 rings (SSSR count). The van der Waals surface area contributed by atoms with Gasteiger partial charge in [0.25, 0.3) is 0 Å². The number of benzene rings is 1. The molecule has 3 aromatic rings. The molecule has 0 spiro atoms. The molecule has 0 fully saturated rings. The number of alkyl carbamates (subject to hydrolysis) is 1. The topological polar surface area (TPSA) is 79.0 Å². The summed E-state index contributed by atoms with van der Waals surface area (Å²) in [6.07, 6.45) is 3.34. The highest BCUT2D eigenvalue weighted by Crippen LogP contribution is 2.24. The largest absolute Gasteiger partial charge is 0.444 e. The number of para-hydroxylation sites is 1. The summed E-state index contributed by atoms with van der Waals surface area (Å²) in [4.78, 5) is 19.7. The van der Waals surface area contributed by atoms with E-state index in [1.807, 2.05) is 51.2 Å². The number of amides is 1. The van der Waals surface area contributed by atoms with E-state index in [4.69, 9.17) is 16.3 Å². The SMILES string of the molecule is CC(C)(C)NC(=O)O[C@H](CNc1cnc(Cl)c(Br)c1)Cc1c[nH]c2ccccc12. The molecule has 0 saturated carbocycles. The number of aromatic nitrogens is 2. The summed E-state index contributed by atoms with van der Waals surface area (Å²) in [5.74, 6) is 0. The lowest BCUT2D eigenvalue weighted by Gasteiger charge is -2.24. The fourth-order valence-corrected chi connectivity index (χ4v) is 3.39. The zero-order chi connectivity index (χ0) is 21.0. The Bertz CT molecular complexity index is 1000. The minimum absolute atomic E-state index is 0.374. The van der Waals surface area contributed by atoms with Gasteiger partial charge in [-0.25, -0.2) is 9.78 Å². The lowest BCUT2D eigenvalue weighted by molar-refractivity contribution is 0.0972. The van der Waals surface area contributed by atoms with E-state index in [0.717, 1.165) is 22.2 Å². The first-order valence-corrected chi connectivity index (χ1v) is 10.5. The van der Waals surface area contributed by atoms with Gasteiger partial charge >= 0.3 is 6.09 Å². The van der Waals surface area contributed by atoms with E-state index in [2.05, 4.69) is 42.6 Å². The van der Waals surface area contributed by atoms with Crippen molar-refractivity contribution in [1.29, 1.82) is 0 Å². The van der Waals surface area contributed by atoms with Crippen LogP contribution in [-0.2, 0) is 11.2 Å². The van der Waals surface area contributed by atoms with Crippen LogP contribution in [0, 0.1) is 0 Å². The van der Waals surface area contributed by atoms with Gasteiger partial charge in [0, 0.05) is 29.1 Å². The quantitative estimate of drug-likeness (QED) is 0.406. The molecule has 0 saturated heterocycles. The van der Waals surface area contributed by atoms with Crippen molar-refractivity contribution >= 4 is 50.2 Å². The second-order valence-electron chi connectivity index (χ2n) is 7.84. The van der Waals surface area contributed by atoms with E-state index in [9.17, 15) is 4.79 Å². The van der Waals surface area contributed by atoms with Crippen LogP contribution >= 0.6 is 27.5 Å². The van der Waals surface area contributed by atoms with Crippen molar-refractivity contribution < 1.29 is 9.53 Å². The monoisotopic (exact) mass is 478 g/mol. The van der Waals surface area contributed by atoms with Gasteiger partial charge < -0.3 is 20.4 Å². The number of aromatic amines is 1. The van der Waals surface area contributed by atoms with Crippen LogP contribution in [0.5, 0.6) is 0 Å². The van der Waals surface area contributed by atoms with E-state index in [0.29, 0.717) is 22.6 Å². The Hall–Kier alpha value is -2.25. The smallest absolute Gasteiger partial charge is 0.407 e. The van der Waals surface area contributed by atoms with Gasteiger partial charge in [0.05, 0.1) is 22.9 Å². The number of rotatable bonds is 6. The number of pyridine rings is 1. The molecule has 0 aliphatic carbocycles. The Morgan fingerprint density at radius 1 is 1.34 bits per heavy atom. The minimum atomic E-state index is -0.445. The number of carbonyl (C=O) groups excluding carboxylic acids is 1. The minimum Gasteiger partial charge on any atom is -0.444 e. The number of ether oxygens (including phenoxy) is 1. The number of nitrogens with one attached hydrogen (secondary N) is 3. The molecule has 1 amide bonds. The average Bonchev–Trinajstić information content (AvgIpc) is 3.04. The fourth-order valence-electron chi connectivity index (χ4n) is 2.94. The maximum atomic E-state index is 12.4. The first-order chi connectivity index (χ1) is 13.7. The number of fused-ring (bicyclic) bond motifs is 1. The fraction of sp³-hybridized carbons (Fsp3) is 0.333. The lowest BCUT2D eigenvalue weighted by Crippen LogP contribution is -2.43. The Kier molecular flexibility index (Phi) is 6.70. The Morgan fingerprint density at radius 3 is 2.83 bits per heavy atom. The van der Waals surface area contributed by atoms with Crippen LogP contribution in [0.15, 0.2) is 47.2 Å². The highest BCUT2D eigenvalue weighted by molar-refractivity contribution is 9.10. The molecule has 2 aromatic heterocycles. The summed E-state index contributed by atoms with van der Waals surface area (Å²) in [6.45, 7) is 6.17. The standard InChI is InChI=1S/C21H24BrClN4O2/c1-21(2,3)27-20(28)29-15(12-24-14-9-17(22)19(23)26-11-14)8-13-10-25-18-7-5-4-6-16(13)18/h4-7,9-11,15,24-25H,8,12H2,1-3H3,(H,27,28)/t15-/m0/s1. The third-order valence-corrected chi connectivity index (χ3v) is 5.34. The summed E-state index contributed by atoms with van der Waals surface area (Å²) in [5, 5.41) is 7.64. The molecular weight excluding hydrogens is 456 g/mol. The van der Waals surface area contributed by atoms with Gasteiger partial charge in [-0.3, -0.25) is 0 Å². The van der Waals surface area contributed by atoms with Gasteiger partial charge in [0.2, 0.25) is 0 Å². The second-order valence-corrected chi connectivity index (χ2v) is 9.06. The lowest BCUT2D eigenvalue weighted by atomic mass is 10.1. The van der Waals surface area contributed by atoms with Crippen LogP contribution in [0.4, 0.5) is 10.5 Å². The molecule has 154 valence electrons. The van der Waals surface area contributed by atoms with E-state index in [1.165, 1.54) is 0 Å². The number of anilines is 1. The van der Waals surface area contributed by atoms with Crippen LogP contribution in [0.2, 0.25) is 5.15 Å². The molecular formula is C21H24BrClN4O2. The predicted octanol–water partition coefficient (Wildman–Crippen LogP) is 5.53. The van der Waals surface area contributed by atoms with Crippen molar-refractivity contribution in [2.45, 2.75) is 38.8 Å². The normalized spacial score (nSPS) is 12.6. The van der Waals surface area contributed by atoms with E-state index in [-0.39, 0.29) is 11.6 Å². The highest BCUT2D eigenvalue weighted by Gasteiger charge is 2.21. The summed E-state index contributed by atoms with van der Waals surface area (Å²) in [7, 11) is 0. The molecule has 0 unspecified atom stereocenters. The molecule has 8 heteroatoms. The summed E-state index contributed by atoms with van der Waals surface area (Å²) >= 11 is 9.33. The van der Waals surface area contributed by atoms with Crippen LogP contribution in [0.3, 0.4) is 0 Å². The van der Waals surface area contributed by atoms with Crippen molar-refractivity contribution in [3.63, 3.8) is 0 Å². The van der Waals surface area contributed by atoms with Crippen molar-refractivity contribution in [1.82, 2.24) is 15.3 Å². The van der Waals surface area contributed by atoms with E-state index >= 15 is 0 Å². The number of hydrogen-bond acceptors (Lipinski definition) is 4. The van der Waals surface area contributed by atoms with Crippen LogP contribution in [0.25, 0.3) is 10.9 Å². The first kappa shape index (κ1) is 21.5. The van der Waals surface area contributed by atoms with Crippen molar-refractivity contribution in [2.24, 2.45) is 0 Å². The van der Waals surface area contributed by atoms with Gasteiger partial charge in [-0.2, -0.15) is 0 Å². The summed E-state index contributed by atoms with van der Waals surface area (Å²) in [6, 6.07) is 9.90. The molecule has 0 radical (unpaired) electrons. The van der Waals surface area contributed by atoms with Crippen molar-refractivity contribution in [3.8, 4) is 0 Å². The average molecular weight is 480 g/mol. The van der Waals surface area contributed by atoms with Crippen LogP contribution in [-0.4, -0.2) is 34.2 Å². The summed E-state index contributed by atoms with van der Waals surface area (Å²) < 4.78 is 6.44. The molecule has 1 atom stereocenters. The molecule has 29 heavy (non-hydrogen) atoms. The van der Waals surface area contributed by atoms with Gasteiger partial charge in [-0.05, 0) is 54.4 Å². The number of nitrogens with zero attached hydrogens (tertiary/aromatic N) is 1. The molecule has 1 aromatic carbocycles. The van der Waals surface area contributed by atoms with Gasteiger partial charge in [-0.1, -0.05) is 29.8 Å². The predicted molar refractivity (Wildman–Crippen MR) is 121 cm³/mol. The van der Waals surface area contributed by atoms with Gasteiger partial charge in [0.1, 0.15) is 11.3 Å². The molecule has 0 aliphatic heterocycles. The van der Waals surface area contributed by atoms with Crippen molar-refractivity contribution in [3.05, 3.63) is 57.9 Å². The van der Waals surface area contributed by atoms with Crippen molar-refractivity contribution in [2.75, 3.05) is 11.9 Å². The van der Waals surface area contributed by atoms with E-state index in [1.54, 1.807) is 6.20 Å². The molecule has 2 heterocycles. The first-order valence-electron chi connectivity index (χ1n) is 9.30. The molecule has 0 aliphatic rings.